The third-order valence-electron chi connectivity index (χ3n) is 4.53. The lowest BCUT2D eigenvalue weighted by Gasteiger charge is -2.20. The molecule has 3 rings (SSSR count). The minimum absolute atomic E-state index is 0.562. The number of rotatable bonds is 7. The van der Waals surface area contributed by atoms with Gasteiger partial charge < -0.3 is 5.32 Å². The Morgan fingerprint density at radius 2 is 1.68 bits per heavy atom. The number of hydrogen-bond donors (Lipinski definition) is 1. The van der Waals surface area contributed by atoms with E-state index in [1.54, 1.807) is 0 Å². The van der Waals surface area contributed by atoms with Crippen molar-refractivity contribution in [2.75, 3.05) is 18.4 Å². The molecule has 25 heavy (non-hydrogen) atoms. The summed E-state index contributed by atoms with van der Waals surface area (Å²) in [5, 5.41) is 5.21. The zero-order valence-corrected chi connectivity index (χ0v) is 15.6. The first-order valence-corrected chi connectivity index (χ1v) is 9.17. The number of anilines is 1. The van der Waals surface area contributed by atoms with Crippen LogP contribution in [0, 0.1) is 0 Å². The highest BCUT2D eigenvalue weighted by Gasteiger charge is 2.08. The Morgan fingerprint density at radius 1 is 0.960 bits per heavy atom. The number of pyridine rings is 1. The summed E-state index contributed by atoms with van der Waals surface area (Å²) in [6, 6.07) is 18.6. The van der Waals surface area contributed by atoms with E-state index in [0.717, 1.165) is 41.8 Å². The van der Waals surface area contributed by atoms with Crippen molar-refractivity contribution in [2.24, 2.45) is 0 Å². The van der Waals surface area contributed by atoms with Gasteiger partial charge in [-0.15, -0.1) is 0 Å². The van der Waals surface area contributed by atoms with Crippen LogP contribution in [0.25, 0.3) is 10.9 Å². The largest absolute Gasteiger partial charge is 0.381 e. The van der Waals surface area contributed by atoms with Crippen LogP contribution in [0.15, 0.2) is 54.6 Å². The van der Waals surface area contributed by atoms with Crippen molar-refractivity contribution in [3.63, 3.8) is 0 Å². The Kier molecular flexibility index (Phi) is 5.90. The minimum atomic E-state index is 0.562. The first-order chi connectivity index (χ1) is 12.2. The Labute approximate surface area is 154 Å². The topological polar surface area (TPSA) is 28.2 Å². The molecule has 130 valence electrons. The van der Waals surface area contributed by atoms with Gasteiger partial charge in [0.1, 0.15) is 5.15 Å². The van der Waals surface area contributed by atoms with Crippen LogP contribution in [0.1, 0.15) is 25.0 Å². The molecule has 0 amide bonds. The summed E-state index contributed by atoms with van der Waals surface area (Å²) in [7, 11) is 0. The lowest BCUT2D eigenvalue weighted by Crippen LogP contribution is -2.22. The molecule has 0 aliphatic rings. The molecule has 0 aliphatic heterocycles. The molecule has 1 heterocycles. The molecule has 3 nitrogen and oxygen atoms in total. The van der Waals surface area contributed by atoms with E-state index in [4.69, 9.17) is 11.6 Å². The van der Waals surface area contributed by atoms with Crippen LogP contribution in [-0.2, 0) is 13.1 Å². The maximum atomic E-state index is 6.38. The van der Waals surface area contributed by atoms with Crippen molar-refractivity contribution in [1.82, 2.24) is 9.88 Å². The molecule has 0 spiro atoms. The molecule has 0 saturated heterocycles. The SMILES string of the molecule is CCN(CC)Cc1ccccc1NCc1cc2ccccc2nc1Cl. The first kappa shape index (κ1) is 17.7. The van der Waals surface area contributed by atoms with Gasteiger partial charge in [0.05, 0.1) is 5.52 Å². The van der Waals surface area contributed by atoms with Gasteiger partial charge in [0.25, 0.3) is 0 Å². The lowest BCUT2D eigenvalue weighted by molar-refractivity contribution is 0.296. The number of benzene rings is 2. The van der Waals surface area contributed by atoms with Gasteiger partial charge in [-0.3, -0.25) is 4.90 Å². The molecule has 1 N–H and O–H groups in total. The van der Waals surface area contributed by atoms with E-state index < -0.39 is 0 Å². The Morgan fingerprint density at radius 3 is 2.48 bits per heavy atom. The van der Waals surface area contributed by atoms with Crippen LogP contribution in [0.4, 0.5) is 5.69 Å². The zero-order valence-electron chi connectivity index (χ0n) is 14.8. The van der Waals surface area contributed by atoms with Crippen LogP contribution >= 0.6 is 11.6 Å². The van der Waals surface area contributed by atoms with Crippen LogP contribution in [0.5, 0.6) is 0 Å². The first-order valence-electron chi connectivity index (χ1n) is 8.79. The average Bonchev–Trinajstić information content (AvgIpc) is 2.65. The van der Waals surface area contributed by atoms with Gasteiger partial charge in [0.2, 0.25) is 0 Å². The minimum Gasteiger partial charge on any atom is -0.381 e. The zero-order chi connectivity index (χ0) is 17.6. The third kappa shape index (κ3) is 4.30. The highest BCUT2D eigenvalue weighted by atomic mass is 35.5. The average molecular weight is 354 g/mol. The van der Waals surface area contributed by atoms with Gasteiger partial charge in [-0.05, 0) is 36.9 Å². The van der Waals surface area contributed by atoms with Gasteiger partial charge in [-0.25, -0.2) is 4.98 Å². The quantitative estimate of drug-likeness (QED) is 0.581. The molecule has 3 aromatic rings. The molecule has 0 unspecified atom stereocenters. The summed E-state index contributed by atoms with van der Waals surface area (Å²) in [6.45, 7) is 8.09. The van der Waals surface area contributed by atoms with Crippen molar-refractivity contribution < 1.29 is 0 Å². The van der Waals surface area contributed by atoms with Crippen molar-refractivity contribution in [3.8, 4) is 0 Å². The van der Waals surface area contributed by atoms with Crippen molar-refractivity contribution in [1.29, 1.82) is 0 Å². The number of para-hydroxylation sites is 2. The molecule has 0 atom stereocenters. The fourth-order valence-corrected chi connectivity index (χ4v) is 3.18. The van der Waals surface area contributed by atoms with E-state index in [1.165, 1.54) is 5.56 Å². The second-order valence-corrected chi connectivity index (χ2v) is 6.46. The smallest absolute Gasteiger partial charge is 0.134 e. The number of hydrogen-bond acceptors (Lipinski definition) is 3. The third-order valence-corrected chi connectivity index (χ3v) is 4.85. The molecular weight excluding hydrogens is 330 g/mol. The van der Waals surface area contributed by atoms with Gasteiger partial charge in [0.15, 0.2) is 0 Å². The molecule has 0 radical (unpaired) electrons. The summed E-state index contributed by atoms with van der Waals surface area (Å²) < 4.78 is 0. The lowest BCUT2D eigenvalue weighted by atomic mass is 10.1. The molecule has 4 heteroatoms. The fourth-order valence-electron chi connectivity index (χ4n) is 2.97. The van der Waals surface area contributed by atoms with E-state index in [0.29, 0.717) is 11.7 Å². The molecule has 1 aromatic heterocycles. The summed E-state index contributed by atoms with van der Waals surface area (Å²) in [6.07, 6.45) is 0. The number of nitrogens with one attached hydrogen (secondary N) is 1. The van der Waals surface area contributed by atoms with Crippen LogP contribution in [-0.4, -0.2) is 23.0 Å². The summed E-state index contributed by atoms with van der Waals surface area (Å²) in [5.41, 5.74) is 4.39. The van der Waals surface area contributed by atoms with Crippen LogP contribution in [0.3, 0.4) is 0 Å². The highest BCUT2D eigenvalue weighted by molar-refractivity contribution is 6.30. The van der Waals surface area contributed by atoms with E-state index in [9.17, 15) is 0 Å². The Bertz CT molecular complexity index is 843. The molecule has 0 fully saturated rings. The molecular formula is C21H24ClN3. The number of fused-ring (bicyclic) bond motifs is 1. The van der Waals surface area contributed by atoms with Gasteiger partial charge in [0, 0.05) is 29.7 Å². The summed E-state index contributed by atoms with van der Waals surface area (Å²) in [4.78, 5) is 6.91. The molecule has 0 aliphatic carbocycles. The summed E-state index contributed by atoms with van der Waals surface area (Å²) in [5.74, 6) is 0. The maximum absolute atomic E-state index is 6.38. The van der Waals surface area contributed by atoms with E-state index in [-0.39, 0.29) is 0 Å². The normalized spacial score (nSPS) is 11.2. The van der Waals surface area contributed by atoms with Crippen molar-refractivity contribution >= 4 is 28.2 Å². The van der Waals surface area contributed by atoms with Crippen LogP contribution < -0.4 is 5.32 Å². The van der Waals surface area contributed by atoms with E-state index in [1.807, 2.05) is 18.2 Å². The second kappa shape index (κ2) is 8.32. The van der Waals surface area contributed by atoms with Gasteiger partial charge >= 0.3 is 0 Å². The Balaban J connectivity index is 1.79. The van der Waals surface area contributed by atoms with E-state index in [2.05, 4.69) is 65.4 Å². The fraction of sp³-hybridized carbons (Fsp3) is 0.286. The highest BCUT2D eigenvalue weighted by Crippen LogP contribution is 2.23. The van der Waals surface area contributed by atoms with Gasteiger partial charge in [-0.2, -0.15) is 0 Å². The van der Waals surface area contributed by atoms with E-state index >= 15 is 0 Å². The number of nitrogens with zero attached hydrogens (tertiary/aromatic N) is 2. The molecule has 0 saturated carbocycles. The molecule has 2 aromatic carbocycles. The molecule has 0 bridgehead atoms. The standard InChI is InChI=1S/C21H24ClN3/c1-3-25(4-2)15-17-10-6-7-11-19(17)23-14-18-13-16-9-5-8-12-20(16)24-21(18)22/h5-13,23H,3-4,14-15H2,1-2H3. The van der Waals surface area contributed by atoms with Crippen molar-refractivity contribution in [2.45, 2.75) is 26.9 Å². The number of aromatic nitrogens is 1. The predicted molar refractivity (Wildman–Crippen MR) is 107 cm³/mol. The Hall–Kier alpha value is -2.10. The monoisotopic (exact) mass is 353 g/mol. The summed E-state index contributed by atoms with van der Waals surface area (Å²) >= 11 is 6.38. The van der Waals surface area contributed by atoms with Crippen molar-refractivity contribution in [3.05, 3.63) is 70.9 Å². The predicted octanol–water partition coefficient (Wildman–Crippen LogP) is 5.34. The number of halogens is 1. The van der Waals surface area contributed by atoms with Crippen LogP contribution in [0.2, 0.25) is 5.15 Å². The van der Waals surface area contributed by atoms with Gasteiger partial charge in [-0.1, -0.05) is 61.8 Å². The maximum Gasteiger partial charge on any atom is 0.134 e. The second-order valence-electron chi connectivity index (χ2n) is 6.10.